The van der Waals surface area contributed by atoms with Crippen molar-refractivity contribution in [2.75, 3.05) is 0 Å². The fourth-order valence-electron chi connectivity index (χ4n) is 6.17. The number of carboxylic acid groups (broad SMARTS) is 4. The molecule has 9 rings (SSSR count). The number of nitrogens with zero attached hydrogens (tertiary/aromatic N) is 8. The van der Waals surface area contributed by atoms with Gasteiger partial charge in [-0.2, -0.15) is 0 Å². The number of carboxylic acids is 4. The zero-order valence-electron chi connectivity index (χ0n) is 26.1. The molecule has 0 saturated heterocycles. The predicted octanol–water partition coefficient (Wildman–Crippen LogP) is -0.421. The first kappa shape index (κ1) is 32.8. The van der Waals surface area contributed by atoms with Gasteiger partial charge in [0.15, 0.2) is 0 Å². The number of carbonyl (C=O) groups excluding carboxylic acids is 4. The number of aromatic carboxylic acids is 4. The van der Waals surface area contributed by atoms with Gasteiger partial charge in [0, 0.05) is 44.8 Å². The Morgan fingerprint density at radius 1 is 0.377 bits per heavy atom. The van der Waals surface area contributed by atoms with Crippen molar-refractivity contribution in [3.8, 4) is 45.6 Å². The Kier molecular flexibility index (Phi) is 7.35. The summed E-state index contributed by atoms with van der Waals surface area (Å²) in [6.45, 7) is 0. The maximum atomic E-state index is 11.9. The molecule has 17 heteroatoms. The normalized spacial score (nSPS) is 11.5. The van der Waals surface area contributed by atoms with Crippen LogP contribution in [0.4, 0.5) is 0 Å². The molecule has 8 bridgehead atoms. The molecule has 0 fully saturated rings. The Hall–Kier alpha value is -7.36. The van der Waals surface area contributed by atoms with E-state index in [1.165, 1.54) is 72.8 Å². The second kappa shape index (κ2) is 11.9. The zero-order valence-corrected chi connectivity index (χ0v) is 27.2. The van der Waals surface area contributed by atoms with Gasteiger partial charge in [0.1, 0.15) is 0 Å². The zero-order chi connectivity index (χ0) is 36.0. The van der Waals surface area contributed by atoms with Crippen LogP contribution in [-0.2, 0) is 17.1 Å². The quantitative estimate of drug-likeness (QED) is 0.207. The van der Waals surface area contributed by atoms with Crippen molar-refractivity contribution in [2.24, 2.45) is 0 Å². The van der Waals surface area contributed by atoms with E-state index >= 15 is 0 Å². The third-order valence-electron chi connectivity index (χ3n) is 8.64. The van der Waals surface area contributed by atoms with Crippen molar-refractivity contribution in [3.05, 3.63) is 95.1 Å². The molecule has 7 aromatic rings. The van der Waals surface area contributed by atoms with Gasteiger partial charge in [0.05, 0.1) is 47.2 Å². The van der Waals surface area contributed by atoms with Gasteiger partial charge in [-0.1, -0.05) is 48.5 Å². The van der Waals surface area contributed by atoms with Gasteiger partial charge in [-0.15, -0.1) is 0 Å². The van der Waals surface area contributed by atoms with Crippen molar-refractivity contribution < 1.29 is 56.7 Å². The number of rotatable bonds is 4. The van der Waals surface area contributed by atoms with Crippen molar-refractivity contribution in [3.63, 3.8) is 0 Å². The first-order valence-corrected chi connectivity index (χ1v) is 15.2. The average Bonchev–Trinajstić information content (AvgIpc) is 3.85. The summed E-state index contributed by atoms with van der Waals surface area (Å²) in [5.41, 5.74) is 0.531. The number of benzene rings is 4. The van der Waals surface area contributed by atoms with Crippen LogP contribution in [0.2, 0.25) is 0 Å². The van der Waals surface area contributed by atoms with E-state index in [1.807, 2.05) is 0 Å². The minimum Gasteiger partial charge on any atom is -0.545 e. The summed E-state index contributed by atoms with van der Waals surface area (Å²) in [6.07, 6.45) is 0. The third kappa shape index (κ3) is 5.22. The molecule has 0 spiro atoms. The van der Waals surface area contributed by atoms with Crippen LogP contribution >= 0.6 is 0 Å². The molecular formula is C36H12FeN8O8-4. The van der Waals surface area contributed by atoms with Crippen LogP contribution in [0.1, 0.15) is 41.4 Å². The Labute approximate surface area is 304 Å². The molecule has 256 valence electrons. The molecule has 0 N–H and O–H groups in total. The van der Waals surface area contributed by atoms with Crippen molar-refractivity contribution >= 4 is 68.0 Å². The topological polar surface area (TPSA) is 266 Å². The van der Waals surface area contributed by atoms with E-state index < -0.39 is 23.9 Å². The Bertz CT molecular complexity index is 3010. The molecule has 0 unspecified atom stereocenters. The monoisotopic (exact) mass is 740 g/mol. The maximum absolute atomic E-state index is 11.9. The summed E-state index contributed by atoms with van der Waals surface area (Å²) >= 11 is 0. The van der Waals surface area contributed by atoms with Crippen molar-refractivity contribution in [1.82, 2.24) is 39.9 Å². The van der Waals surface area contributed by atoms with Crippen LogP contribution in [0.5, 0.6) is 0 Å². The molecule has 2 aliphatic rings. The van der Waals surface area contributed by atoms with Gasteiger partial charge in [0.2, 0.25) is 0 Å². The van der Waals surface area contributed by atoms with Gasteiger partial charge in [0.25, 0.3) is 0 Å². The molecule has 2 aliphatic heterocycles. The fraction of sp³-hybridized carbons (Fsp3) is 0. The molecule has 0 radical (unpaired) electrons. The van der Waals surface area contributed by atoms with Gasteiger partial charge < -0.3 is 69.5 Å². The summed E-state index contributed by atoms with van der Waals surface area (Å²) in [5, 5.41) is 48.6. The van der Waals surface area contributed by atoms with Gasteiger partial charge in [-0.3, -0.25) is 0 Å². The van der Waals surface area contributed by atoms with Crippen LogP contribution in [0.15, 0.2) is 72.8 Å². The molecule has 0 aliphatic carbocycles. The molecule has 0 amide bonds. The van der Waals surface area contributed by atoms with Gasteiger partial charge in [-0.05, 0) is 68.1 Å². The number of fused-ring (bicyclic) bond motifs is 20. The molecule has 0 saturated carbocycles. The van der Waals surface area contributed by atoms with Crippen LogP contribution in [0.25, 0.3) is 89.7 Å². The Morgan fingerprint density at radius 3 is 1.04 bits per heavy atom. The van der Waals surface area contributed by atoms with Crippen molar-refractivity contribution in [1.29, 1.82) is 0 Å². The van der Waals surface area contributed by atoms with Crippen LogP contribution < -0.4 is 30.4 Å². The van der Waals surface area contributed by atoms with E-state index in [9.17, 15) is 39.6 Å². The van der Waals surface area contributed by atoms with Gasteiger partial charge >= 0.3 is 17.1 Å². The summed E-state index contributed by atoms with van der Waals surface area (Å²) < 4.78 is 0. The summed E-state index contributed by atoms with van der Waals surface area (Å²) in [5.74, 6) is -5.78. The second-order valence-corrected chi connectivity index (χ2v) is 11.7. The summed E-state index contributed by atoms with van der Waals surface area (Å²) in [6, 6.07) is 16.3. The average molecular weight is 740 g/mol. The molecule has 0 atom stereocenters. The standard InChI is InChI=1S/C36H18N8O8.Fe/c45-33(46)13-1-5-17-21(9-13)29-38-25(17)37-26-18-6-2-15(35(49)50)11-23(18)31(39-26)44-32-24-12-16(36(51)52)4-8-20(24)28(43-32)42-30-22-10-14(34(47)48)3-7-19(22)27(40-29)41-30;/h1-12H,(H6,37,38,39,40,41,42,43,44,45,46,47,48,49,50,51,52);/q;+2/p-6. The number of aromatic nitrogens is 8. The number of hydrogen-bond donors (Lipinski definition) is 0. The summed E-state index contributed by atoms with van der Waals surface area (Å²) in [4.78, 5) is 84.4. The van der Waals surface area contributed by atoms with E-state index in [0.717, 1.165) is 0 Å². The minimum absolute atomic E-state index is 0. The molecule has 5 heterocycles. The number of hydrogen-bond acceptors (Lipinski definition) is 14. The minimum atomic E-state index is -1.47. The third-order valence-corrected chi connectivity index (χ3v) is 8.64. The van der Waals surface area contributed by atoms with Crippen LogP contribution in [-0.4, -0.2) is 53.8 Å². The van der Waals surface area contributed by atoms with Crippen LogP contribution in [0.3, 0.4) is 0 Å². The van der Waals surface area contributed by atoms with E-state index in [1.54, 1.807) is 0 Å². The van der Waals surface area contributed by atoms with Crippen LogP contribution in [0, 0.1) is 0 Å². The van der Waals surface area contributed by atoms with E-state index in [-0.39, 0.29) is 107 Å². The first-order chi connectivity index (χ1) is 25.0. The molecule has 53 heavy (non-hydrogen) atoms. The molecule has 16 nitrogen and oxygen atoms in total. The predicted molar refractivity (Wildman–Crippen MR) is 171 cm³/mol. The maximum Gasteiger partial charge on any atom is 2.00 e. The largest absolute Gasteiger partial charge is 2.00 e. The van der Waals surface area contributed by atoms with Gasteiger partial charge in [-0.25, -0.2) is 9.97 Å². The Morgan fingerprint density at radius 2 is 0.679 bits per heavy atom. The summed E-state index contributed by atoms with van der Waals surface area (Å²) in [7, 11) is 0. The second-order valence-electron chi connectivity index (χ2n) is 11.7. The molecular weight excluding hydrogens is 728 g/mol. The molecule has 4 aromatic carbocycles. The first-order valence-electron chi connectivity index (χ1n) is 15.2. The SMILES string of the molecule is O=C([O-])c1ccc2c(c1)-c1nc-2nc2[n-]c(nc3nc(nc4[n-]c(n1)c1ccc(C(=O)[O-])cc41)-c1cc(C(=O)[O-])ccc1-3)c1ccc(C(=O)[O-])cc21.[Fe+2]. The van der Waals surface area contributed by atoms with E-state index in [4.69, 9.17) is 0 Å². The smallest absolute Gasteiger partial charge is 0.545 e. The van der Waals surface area contributed by atoms with E-state index in [0.29, 0.717) is 21.9 Å². The molecule has 3 aromatic heterocycles. The Balaban J connectivity index is 0.00000400. The number of carbonyl (C=O) groups is 4. The van der Waals surface area contributed by atoms with E-state index in [2.05, 4.69) is 39.9 Å². The van der Waals surface area contributed by atoms with Crippen molar-refractivity contribution in [2.45, 2.75) is 0 Å². The fourth-order valence-corrected chi connectivity index (χ4v) is 6.17.